The summed E-state index contributed by atoms with van der Waals surface area (Å²) >= 11 is 0. The maximum Gasteiger partial charge on any atom is 0.357 e. The summed E-state index contributed by atoms with van der Waals surface area (Å²) in [5.74, 6) is -0.0377. The zero-order chi connectivity index (χ0) is 11.4. The van der Waals surface area contributed by atoms with E-state index in [1.165, 1.54) is 0 Å². The molecule has 0 bridgehead atoms. The molecule has 0 aromatic carbocycles. The van der Waals surface area contributed by atoms with E-state index in [9.17, 15) is 4.79 Å². The van der Waals surface area contributed by atoms with E-state index in [0.29, 0.717) is 11.6 Å². The topological polar surface area (TPSA) is 39.2 Å². The third-order valence-electron chi connectivity index (χ3n) is 1.91. The summed E-state index contributed by atoms with van der Waals surface area (Å²) < 4.78 is 5.07. The first-order valence-electron chi connectivity index (χ1n) is 5.18. The lowest BCUT2D eigenvalue weighted by Gasteiger charge is -2.09. The SMILES string of the molecule is CC(C)OC(=O)c1cccc(C(C)C)n1. The number of nitrogens with zero attached hydrogens (tertiary/aromatic N) is 1. The van der Waals surface area contributed by atoms with Gasteiger partial charge in [0.2, 0.25) is 0 Å². The van der Waals surface area contributed by atoms with Crippen molar-refractivity contribution in [3.05, 3.63) is 29.6 Å². The van der Waals surface area contributed by atoms with Crippen molar-refractivity contribution in [3.8, 4) is 0 Å². The van der Waals surface area contributed by atoms with Crippen LogP contribution in [-0.4, -0.2) is 17.1 Å². The summed E-state index contributed by atoms with van der Waals surface area (Å²) in [5, 5.41) is 0. The Kier molecular flexibility index (Phi) is 3.83. The number of aromatic nitrogens is 1. The fraction of sp³-hybridized carbons (Fsp3) is 0.500. The van der Waals surface area contributed by atoms with Crippen LogP contribution in [0.4, 0.5) is 0 Å². The minimum Gasteiger partial charge on any atom is -0.458 e. The molecule has 0 saturated heterocycles. The van der Waals surface area contributed by atoms with E-state index in [4.69, 9.17) is 4.74 Å². The van der Waals surface area contributed by atoms with Crippen LogP contribution in [0.15, 0.2) is 18.2 Å². The lowest BCUT2D eigenvalue weighted by molar-refractivity contribution is 0.0370. The minimum absolute atomic E-state index is 0.109. The van der Waals surface area contributed by atoms with Crippen molar-refractivity contribution in [3.63, 3.8) is 0 Å². The standard InChI is InChI=1S/C12H17NO2/c1-8(2)10-6-5-7-11(13-10)12(14)15-9(3)4/h5-9H,1-4H3. The highest BCUT2D eigenvalue weighted by Gasteiger charge is 2.11. The molecule has 0 aliphatic rings. The van der Waals surface area contributed by atoms with Gasteiger partial charge in [0, 0.05) is 5.69 Å². The van der Waals surface area contributed by atoms with Crippen LogP contribution in [-0.2, 0) is 4.74 Å². The molecule has 0 atom stereocenters. The highest BCUT2D eigenvalue weighted by Crippen LogP contribution is 2.12. The molecule has 3 nitrogen and oxygen atoms in total. The zero-order valence-corrected chi connectivity index (χ0v) is 9.65. The molecular weight excluding hydrogens is 190 g/mol. The first-order chi connectivity index (χ1) is 7.00. The lowest BCUT2D eigenvalue weighted by atomic mass is 10.1. The monoisotopic (exact) mass is 207 g/mol. The normalized spacial score (nSPS) is 10.8. The number of carbonyl (C=O) groups is 1. The summed E-state index contributed by atoms with van der Waals surface area (Å²) in [7, 11) is 0. The number of ether oxygens (including phenoxy) is 1. The summed E-state index contributed by atoms with van der Waals surface area (Å²) in [6.07, 6.45) is -0.109. The van der Waals surface area contributed by atoms with Gasteiger partial charge in [-0.05, 0) is 31.9 Å². The van der Waals surface area contributed by atoms with Gasteiger partial charge in [-0.2, -0.15) is 0 Å². The largest absolute Gasteiger partial charge is 0.458 e. The highest BCUT2D eigenvalue weighted by atomic mass is 16.5. The van der Waals surface area contributed by atoms with E-state index in [2.05, 4.69) is 4.98 Å². The zero-order valence-electron chi connectivity index (χ0n) is 9.65. The number of hydrogen-bond acceptors (Lipinski definition) is 3. The molecular formula is C12H17NO2. The molecule has 0 fully saturated rings. The van der Waals surface area contributed by atoms with E-state index in [1.54, 1.807) is 6.07 Å². The highest BCUT2D eigenvalue weighted by molar-refractivity contribution is 5.87. The van der Waals surface area contributed by atoms with E-state index in [-0.39, 0.29) is 12.1 Å². The minimum atomic E-state index is -0.354. The molecule has 1 rings (SSSR count). The maximum absolute atomic E-state index is 11.5. The summed E-state index contributed by atoms with van der Waals surface area (Å²) in [5.41, 5.74) is 1.29. The van der Waals surface area contributed by atoms with Crippen LogP contribution in [0, 0.1) is 0 Å². The summed E-state index contributed by atoms with van der Waals surface area (Å²) in [6.45, 7) is 7.73. The predicted molar refractivity (Wildman–Crippen MR) is 58.9 cm³/mol. The van der Waals surface area contributed by atoms with Gasteiger partial charge in [0.1, 0.15) is 5.69 Å². The average molecular weight is 207 g/mol. The lowest BCUT2D eigenvalue weighted by Crippen LogP contribution is -2.13. The van der Waals surface area contributed by atoms with Gasteiger partial charge < -0.3 is 4.74 Å². The van der Waals surface area contributed by atoms with E-state index in [0.717, 1.165) is 5.69 Å². The number of pyridine rings is 1. The van der Waals surface area contributed by atoms with Gasteiger partial charge in [0.05, 0.1) is 6.10 Å². The van der Waals surface area contributed by atoms with Gasteiger partial charge in [-0.25, -0.2) is 9.78 Å². The fourth-order valence-electron chi connectivity index (χ4n) is 1.16. The van der Waals surface area contributed by atoms with Crippen molar-refractivity contribution in [2.24, 2.45) is 0 Å². The Bertz CT molecular complexity index is 345. The fourth-order valence-corrected chi connectivity index (χ4v) is 1.16. The van der Waals surface area contributed by atoms with E-state index < -0.39 is 0 Å². The number of rotatable bonds is 3. The van der Waals surface area contributed by atoms with Crippen LogP contribution in [0.1, 0.15) is 49.8 Å². The average Bonchev–Trinajstić information content (AvgIpc) is 2.17. The molecule has 0 aliphatic carbocycles. The van der Waals surface area contributed by atoms with E-state index >= 15 is 0 Å². The van der Waals surface area contributed by atoms with Crippen molar-refractivity contribution in [1.82, 2.24) is 4.98 Å². The number of esters is 1. The second kappa shape index (κ2) is 4.91. The number of hydrogen-bond donors (Lipinski definition) is 0. The van der Waals surface area contributed by atoms with Gasteiger partial charge in [0.25, 0.3) is 0 Å². The van der Waals surface area contributed by atoms with Crippen LogP contribution >= 0.6 is 0 Å². The summed E-state index contributed by atoms with van der Waals surface area (Å²) in [6, 6.07) is 5.42. The van der Waals surface area contributed by atoms with E-state index in [1.807, 2.05) is 39.8 Å². The Balaban J connectivity index is 2.85. The molecule has 1 aromatic rings. The molecule has 15 heavy (non-hydrogen) atoms. The molecule has 0 radical (unpaired) electrons. The van der Waals surface area contributed by atoms with Gasteiger partial charge in [-0.15, -0.1) is 0 Å². The molecule has 0 N–H and O–H groups in total. The third-order valence-corrected chi connectivity index (χ3v) is 1.91. The van der Waals surface area contributed by atoms with Crippen molar-refractivity contribution in [1.29, 1.82) is 0 Å². The molecule has 0 amide bonds. The second-order valence-electron chi connectivity index (χ2n) is 4.06. The molecule has 1 aromatic heterocycles. The van der Waals surface area contributed by atoms with Crippen molar-refractivity contribution in [2.45, 2.75) is 39.7 Å². The van der Waals surface area contributed by atoms with Gasteiger partial charge in [0.15, 0.2) is 0 Å². The summed E-state index contributed by atoms with van der Waals surface area (Å²) in [4.78, 5) is 15.8. The number of carbonyl (C=O) groups excluding carboxylic acids is 1. The van der Waals surface area contributed by atoms with Crippen LogP contribution in [0.2, 0.25) is 0 Å². The van der Waals surface area contributed by atoms with Crippen LogP contribution < -0.4 is 0 Å². The smallest absolute Gasteiger partial charge is 0.357 e. The van der Waals surface area contributed by atoms with Gasteiger partial charge >= 0.3 is 5.97 Å². The molecule has 0 unspecified atom stereocenters. The molecule has 0 aliphatic heterocycles. The molecule has 3 heteroatoms. The van der Waals surface area contributed by atoms with Crippen molar-refractivity contribution < 1.29 is 9.53 Å². The quantitative estimate of drug-likeness (QED) is 0.715. The first kappa shape index (κ1) is 11.7. The van der Waals surface area contributed by atoms with Gasteiger partial charge in [-0.1, -0.05) is 19.9 Å². The molecule has 0 saturated carbocycles. The van der Waals surface area contributed by atoms with Crippen molar-refractivity contribution in [2.75, 3.05) is 0 Å². The van der Waals surface area contributed by atoms with Gasteiger partial charge in [-0.3, -0.25) is 0 Å². The van der Waals surface area contributed by atoms with Crippen LogP contribution in [0.5, 0.6) is 0 Å². The molecule has 82 valence electrons. The Morgan fingerprint density at radius 3 is 2.47 bits per heavy atom. The molecule has 0 spiro atoms. The first-order valence-corrected chi connectivity index (χ1v) is 5.18. The Morgan fingerprint density at radius 2 is 1.93 bits per heavy atom. The predicted octanol–water partition coefficient (Wildman–Crippen LogP) is 2.77. The van der Waals surface area contributed by atoms with Crippen LogP contribution in [0.25, 0.3) is 0 Å². The Hall–Kier alpha value is -1.38. The second-order valence-corrected chi connectivity index (χ2v) is 4.06. The Labute approximate surface area is 90.5 Å². The molecule has 1 heterocycles. The Morgan fingerprint density at radius 1 is 1.27 bits per heavy atom. The van der Waals surface area contributed by atoms with Crippen LogP contribution in [0.3, 0.4) is 0 Å². The maximum atomic E-state index is 11.5. The van der Waals surface area contributed by atoms with Crippen molar-refractivity contribution >= 4 is 5.97 Å². The third kappa shape index (κ3) is 3.35.